The van der Waals surface area contributed by atoms with E-state index in [4.69, 9.17) is 11.6 Å². The topological polar surface area (TPSA) is 76.3 Å². The SMILES string of the molecule is CCC(CSC)N(C)C(=O)c1cc([N+](=O)[O-])cnc1Cl. The second-order valence-electron chi connectivity index (χ2n) is 4.22. The van der Waals surface area contributed by atoms with Crippen molar-refractivity contribution in [3.05, 3.63) is 33.1 Å². The van der Waals surface area contributed by atoms with Crippen molar-refractivity contribution in [3.63, 3.8) is 0 Å². The van der Waals surface area contributed by atoms with Crippen LogP contribution in [0.4, 0.5) is 5.69 Å². The zero-order valence-electron chi connectivity index (χ0n) is 11.5. The van der Waals surface area contributed by atoms with Gasteiger partial charge in [0.25, 0.3) is 11.6 Å². The Bertz CT molecular complexity index is 513. The molecule has 0 saturated heterocycles. The van der Waals surface area contributed by atoms with Gasteiger partial charge in [0.05, 0.1) is 10.5 Å². The van der Waals surface area contributed by atoms with Crippen LogP contribution in [0.3, 0.4) is 0 Å². The Hall–Kier alpha value is -1.34. The molecule has 0 saturated carbocycles. The molecule has 0 aromatic carbocycles. The first-order valence-corrected chi connectivity index (χ1v) is 7.75. The van der Waals surface area contributed by atoms with Gasteiger partial charge in [0.15, 0.2) is 0 Å². The van der Waals surface area contributed by atoms with Gasteiger partial charge in [-0.1, -0.05) is 18.5 Å². The summed E-state index contributed by atoms with van der Waals surface area (Å²) < 4.78 is 0. The zero-order valence-corrected chi connectivity index (χ0v) is 13.1. The summed E-state index contributed by atoms with van der Waals surface area (Å²) in [6.07, 6.45) is 3.80. The van der Waals surface area contributed by atoms with Gasteiger partial charge in [-0.2, -0.15) is 11.8 Å². The molecular formula is C12H16ClN3O3S. The normalized spacial score (nSPS) is 12.0. The first kappa shape index (κ1) is 16.7. The van der Waals surface area contributed by atoms with Gasteiger partial charge >= 0.3 is 0 Å². The highest BCUT2D eigenvalue weighted by Crippen LogP contribution is 2.22. The Morgan fingerprint density at radius 3 is 2.80 bits per heavy atom. The third-order valence-electron chi connectivity index (χ3n) is 2.96. The molecule has 1 rings (SSSR count). The number of hydrogen-bond acceptors (Lipinski definition) is 5. The predicted octanol–water partition coefficient (Wildman–Crippen LogP) is 2.86. The highest BCUT2D eigenvalue weighted by atomic mass is 35.5. The van der Waals surface area contributed by atoms with E-state index in [0.29, 0.717) is 0 Å². The van der Waals surface area contributed by atoms with Gasteiger partial charge in [0.1, 0.15) is 11.3 Å². The van der Waals surface area contributed by atoms with E-state index >= 15 is 0 Å². The summed E-state index contributed by atoms with van der Waals surface area (Å²) in [6, 6.07) is 1.22. The quantitative estimate of drug-likeness (QED) is 0.458. The molecule has 1 heterocycles. The maximum Gasteiger partial charge on any atom is 0.288 e. The number of nitro groups is 1. The molecule has 6 nitrogen and oxygen atoms in total. The fourth-order valence-electron chi connectivity index (χ4n) is 1.74. The number of carbonyl (C=O) groups is 1. The number of hydrogen-bond donors (Lipinski definition) is 0. The molecule has 110 valence electrons. The van der Waals surface area contributed by atoms with E-state index in [9.17, 15) is 14.9 Å². The summed E-state index contributed by atoms with van der Waals surface area (Å²) in [5.74, 6) is 0.436. The van der Waals surface area contributed by atoms with Gasteiger partial charge < -0.3 is 4.90 Å². The number of thioether (sulfide) groups is 1. The van der Waals surface area contributed by atoms with Crippen molar-refractivity contribution in [2.75, 3.05) is 19.1 Å². The van der Waals surface area contributed by atoms with Crippen LogP contribution in [0.15, 0.2) is 12.3 Å². The minimum absolute atomic E-state index is 0.0218. The minimum Gasteiger partial charge on any atom is -0.338 e. The van der Waals surface area contributed by atoms with E-state index in [1.165, 1.54) is 6.07 Å². The lowest BCUT2D eigenvalue weighted by atomic mass is 10.2. The molecule has 0 spiro atoms. The lowest BCUT2D eigenvalue weighted by molar-refractivity contribution is -0.385. The standard InChI is InChI=1S/C12H16ClN3O3S/c1-4-8(7-20-3)15(2)12(17)10-5-9(16(18)19)6-14-11(10)13/h5-6,8H,4,7H2,1-3H3. The molecule has 1 aromatic rings. The molecule has 0 bridgehead atoms. The Labute approximate surface area is 126 Å². The van der Waals surface area contributed by atoms with Crippen LogP contribution >= 0.6 is 23.4 Å². The van der Waals surface area contributed by atoms with Crippen molar-refractivity contribution in [1.29, 1.82) is 0 Å². The number of halogens is 1. The first-order valence-electron chi connectivity index (χ1n) is 5.98. The molecule has 1 unspecified atom stereocenters. The molecule has 0 N–H and O–H groups in total. The summed E-state index contributed by atoms with van der Waals surface area (Å²) in [4.78, 5) is 27.8. The second kappa shape index (κ2) is 7.44. The maximum absolute atomic E-state index is 12.4. The van der Waals surface area contributed by atoms with E-state index in [1.807, 2.05) is 13.2 Å². The largest absolute Gasteiger partial charge is 0.338 e. The van der Waals surface area contributed by atoms with Crippen LogP contribution in [0.5, 0.6) is 0 Å². The number of aromatic nitrogens is 1. The van der Waals surface area contributed by atoms with Gasteiger partial charge in [-0.15, -0.1) is 0 Å². The molecular weight excluding hydrogens is 302 g/mol. The van der Waals surface area contributed by atoms with Crippen LogP contribution in [-0.4, -0.2) is 45.8 Å². The molecule has 8 heteroatoms. The van der Waals surface area contributed by atoms with Crippen LogP contribution in [0.1, 0.15) is 23.7 Å². The summed E-state index contributed by atoms with van der Waals surface area (Å²) >= 11 is 7.52. The minimum atomic E-state index is -0.598. The van der Waals surface area contributed by atoms with Crippen molar-refractivity contribution in [1.82, 2.24) is 9.88 Å². The smallest absolute Gasteiger partial charge is 0.288 e. The number of nitrogens with zero attached hydrogens (tertiary/aromatic N) is 3. The van der Waals surface area contributed by atoms with E-state index in [1.54, 1.807) is 23.7 Å². The van der Waals surface area contributed by atoms with E-state index in [0.717, 1.165) is 18.4 Å². The molecule has 0 radical (unpaired) electrons. The summed E-state index contributed by atoms with van der Waals surface area (Å²) in [5.41, 5.74) is -0.188. The maximum atomic E-state index is 12.4. The first-order chi connectivity index (χ1) is 9.42. The molecule has 0 aliphatic heterocycles. The fraction of sp³-hybridized carbons (Fsp3) is 0.500. The van der Waals surface area contributed by atoms with Crippen LogP contribution in [0, 0.1) is 10.1 Å². The van der Waals surface area contributed by atoms with Crippen LogP contribution in [-0.2, 0) is 0 Å². The Morgan fingerprint density at radius 1 is 1.65 bits per heavy atom. The highest BCUT2D eigenvalue weighted by Gasteiger charge is 2.24. The Morgan fingerprint density at radius 2 is 2.30 bits per heavy atom. The zero-order chi connectivity index (χ0) is 15.3. The van der Waals surface area contributed by atoms with Crippen LogP contribution in [0.2, 0.25) is 5.15 Å². The number of carbonyl (C=O) groups excluding carboxylic acids is 1. The predicted molar refractivity (Wildman–Crippen MR) is 80.5 cm³/mol. The van der Waals surface area contributed by atoms with Crippen LogP contribution < -0.4 is 0 Å². The van der Waals surface area contributed by atoms with Crippen molar-refractivity contribution in [3.8, 4) is 0 Å². The third-order valence-corrected chi connectivity index (χ3v) is 3.98. The van der Waals surface area contributed by atoms with Gasteiger partial charge in [-0.25, -0.2) is 4.98 Å². The molecule has 20 heavy (non-hydrogen) atoms. The molecule has 0 fully saturated rings. The molecule has 0 aliphatic rings. The Balaban J connectivity index is 3.07. The van der Waals surface area contributed by atoms with E-state index in [-0.39, 0.29) is 28.4 Å². The van der Waals surface area contributed by atoms with Gasteiger partial charge in [0.2, 0.25) is 0 Å². The number of amides is 1. The van der Waals surface area contributed by atoms with Crippen molar-refractivity contribution in [2.45, 2.75) is 19.4 Å². The third kappa shape index (κ3) is 3.83. The van der Waals surface area contributed by atoms with Gasteiger partial charge in [-0.05, 0) is 12.7 Å². The van der Waals surface area contributed by atoms with Gasteiger partial charge in [-0.3, -0.25) is 14.9 Å². The lowest BCUT2D eigenvalue weighted by Gasteiger charge is -2.26. The van der Waals surface area contributed by atoms with Crippen molar-refractivity contribution >= 4 is 35.0 Å². The monoisotopic (exact) mass is 317 g/mol. The molecule has 1 amide bonds. The number of rotatable bonds is 6. The lowest BCUT2D eigenvalue weighted by Crippen LogP contribution is -2.38. The van der Waals surface area contributed by atoms with Crippen LogP contribution in [0.25, 0.3) is 0 Å². The number of pyridine rings is 1. The van der Waals surface area contributed by atoms with Crippen molar-refractivity contribution < 1.29 is 9.72 Å². The molecule has 0 aliphatic carbocycles. The Kier molecular flexibility index (Phi) is 6.22. The molecule has 1 atom stereocenters. The second-order valence-corrected chi connectivity index (χ2v) is 5.49. The van der Waals surface area contributed by atoms with Crippen molar-refractivity contribution in [2.24, 2.45) is 0 Å². The summed E-state index contributed by atoms with van der Waals surface area (Å²) in [5, 5.41) is 10.7. The summed E-state index contributed by atoms with van der Waals surface area (Å²) in [6.45, 7) is 1.98. The average Bonchev–Trinajstić information content (AvgIpc) is 2.43. The fourth-order valence-corrected chi connectivity index (χ4v) is 2.77. The summed E-state index contributed by atoms with van der Waals surface area (Å²) in [7, 11) is 1.67. The van der Waals surface area contributed by atoms with Gasteiger partial charge in [0, 0.05) is 24.9 Å². The molecule has 1 aromatic heterocycles. The average molecular weight is 318 g/mol. The van der Waals surface area contributed by atoms with E-state index < -0.39 is 4.92 Å². The van der Waals surface area contributed by atoms with E-state index in [2.05, 4.69) is 4.98 Å². The highest BCUT2D eigenvalue weighted by molar-refractivity contribution is 7.98.